The van der Waals surface area contributed by atoms with E-state index in [1.165, 1.54) is 17.0 Å². The topological polar surface area (TPSA) is 40.5 Å². The maximum absolute atomic E-state index is 12.8. The molecule has 130 valence electrons. The third-order valence-corrected chi connectivity index (χ3v) is 4.80. The number of thioether (sulfide) groups is 1. The number of halogens is 3. The third-order valence-electron chi connectivity index (χ3n) is 3.68. The second-order valence-electron chi connectivity index (χ2n) is 5.55. The van der Waals surface area contributed by atoms with E-state index in [1.54, 1.807) is 0 Å². The predicted molar refractivity (Wildman–Crippen MR) is 88.8 cm³/mol. The van der Waals surface area contributed by atoms with Gasteiger partial charge in [-0.1, -0.05) is 42.1 Å². The first-order chi connectivity index (χ1) is 11.8. The molecule has 0 radical (unpaired) electrons. The van der Waals surface area contributed by atoms with Gasteiger partial charge in [0.1, 0.15) is 10.7 Å². The maximum Gasteiger partial charge on any atom is 0.416 e. The highest BCUT2D eigenvalue weighted by molar-refractivity contribution is 8.04. The van der Waals surface area contributed by atoms with Crippen LogP contribution in [-0.4, -0.2) is 22.5 Å². The average Bonchev–Trinajstić information content (AvgIpc) is 2.83. The Bertz CT molecular complexity index is 819. The minimum atomic E-state index is -4.43. The Morgan fingerprint density at radius 1 is 1.08 bits per heavy atom. The van der Waals surface area contributed by atoms with Crippen LogP contribution in [0.2, 0.25) is 0 Å². The molecule has 0 aliphatic carbocycles. The molecule has 0 fully saturated rings. The van der Waals surface area contributed by atoms with E-state index in [0.717, 1.165) is 28.8 Å². The third kappa shape index (κ3) is 3.99. The van der Waals surface area contributed by atoms with E-state index < -0.39 is 11.7 Å². The number of rotatable bonds is 4. The lowest BCUT2D eigenvalue weighted by Crippen LogP contribution is -2.26. The molecule has 3 nitrogen and oxygen atoms in total. The fourth-order valence-electron chi connectivity index (χ4n) is 2.49. The molecule has 3 rings (SSSR count). The van der Waals surface area contributed by atoms with Gasteiger partial charge in [-0.25, -0.2) is 0 Å². The number of carbonyl (C=O) groups excluding carboxylic acids is 1. The SMILES string of the molecule is O=C1C(Sc2ccccc2)=C(O)CN1Cc1cccc(C(F)(F)F)c1. The number of nitrogens with zero attached hydrogens (tertiary/aromatic N) is 1. The summed E-state index contributed by atoms with van der Waals surface area (Å²) in [6.07, 6.45) is -4.43. The van der Waals surface area contributed by atoms with Gasteiger partial charge >= 0.3 is 6.18 Å². The fourth-order valence-corrected chi connectivity index (χ4v) is 3.42. The molecule has 2 aromatic carbocycles. The summed E-state index contributed by atoms with van der Waals surface area (Å²) in [6.45, 7) is -0.00406. The van der Waals surface area contributed by atoms with Gasteiger partial charge in [0, 0.05) is 11.4 Å². The Balaban J connectivity index is 1.73. The number of hydrogen-bond acceptors (Lipinski definition) is 3. The van der Waals surface area contributed by atoms with Gasteiger partial charge in [-0.05, 0) is 29.8 Å². The normalized spacial score (nSPS) is 15.2. The van der Waals surface area contributed by atoms with E-state index in [2.05, 4.69) is 0 Å². The molecule has 0 unspecified atom stereocenters. The van der Waals surface area contributed by atoms with Crippen LogP contribution >= 0.6 is 11.8 Å². The molecule has 1 aliphatic heterocycles. The van der Waals surface area contributed by atoms with Crippen molar-refractivity contribution in [2.75, 3.05) is 6.54 Å². The first kappa shape index (κ1) is 17.4. The Kier molecular flexibility index (Phi) is 4.76. The van der Waals surface area contributed by atoms with Crippen molar-refractivity contribution in [3.8, 4) is 0 Å². The van der Waals surface area contributed by atoms with Gasteiger partial charge in [0.05, 0.1) is 12.1 Å². The highest BCUT2D eigenvalue weighted by Gasteiger charge is 2.33. The maximum atomic E-state index is 12.8. The molecule has 0 aromatic heterocycles. The lowest BCUT2D eigenvalue weighted by molar-refractivity contribution is -0.137. The molecule has 0 saturated heterocycles. The van der Waals surface area contributed by atoms with Crippen molar-refractivity contribution < 1.29 is 23.1 Å². The monoisotopic (exact) mass is 365 g/mol. The van der Waals surface area contributed by atoms with Crippen LogP contribution in [0.5, 0.6) is 0 Å². The van der Waals surface area contributed by atoms with Crippen molar-refractivity contribution in [1.82, 2.24) is 4.90 Å². The zero-order valence-electron chi connectivity index (χ0n) is 13.0. The van der Waals surface area contributed by atoms with Crippen LogP contribution in [0.15, 0.2) is 70.2 Å². The summed E-state index contributed by atoms with van der Waals surface area (Å²) in [5, 5.41) is 10.1. The standard InChI is InChI=1S/C18H14F3NO2S/c19-18(20,21)13-6-4-5-12(9-13)10-22-11-15(23)16(17(22)24)25-14-7-2-1-3-8-14/h1-9,23H,10-11H2. The lowest BCUT2D eigenvalue weighted by atomic mass is 10.1. The number of benzene rings is 2. The number of aliphatic hydroxyl groups excluding tert-OH is 1. The number of amides is 1. The summed E-state index contributed by atoms with van der Waals surface area (Å²) in [5.74, 6) is -0.449. The van der Waals surface area contributed by atoms with Crippen molar-refractivity contribution in [3.05, 3.63) is 76.4 Å². The van der Waals surface area contributed by atoms with Gasteiger partial charge in [-0.2, -0.15) is 13.2 Å². The van der Waals surface area contributed by atoms with Gasteiger partial charge in [0.15, 0.2) is 0 Å². The second kappa shape index (κ2) is 6.84. The molecule has 7 heteroatoms. The Morgan fingerprint density at radius 2 is 1.80 bits per heavy atom. The van der Waals surface area contributed by atoms with E-state index in [4.69, 9.17) is 0 Å². The molecule has 25 heavy (non-hydrogen) atoms. The van der Waals surface area contributed by atoms with Crippen LogP contribution in [0.3, 0.4) is 0 Å². The Morgan fingerprint density at radius 3 is 2.48 bits per heavy atom. The first-order valence-electron chi connectivity index (χ1n) is 7.45. The van der Waals surface area contributed by atoms with Crippen LogP contribution in [0, 0.1) is 0 Å². The Hall–Kier alpha value is -2.41. The minimum absolute atomic E-state index is 0.00562. The average molecular weight is 365 g/mol. The van der Waals surface area contributed by atoms with E-state index in [0.29, 0.717) is 5.56 Å². The number of alkyl halides is 3. The molecule has 0 saturated carbocycles. The number of hydrogen-bond donors (Lipinski definition) is 1. The zero-order chi connectivity index (χ0) is 18.0. The van der Waals surface area contributed by atoms with E-state index >= 15 is 0 Å². The summed E-state index contributed by atoms with van der Waals surface area (Å²) in [5.41, 5.74) is -0.394. The van der Waals surface area contributed by atoms with Gasteiger partial charge < -0.3 is 10.0 Å². The van der Waals surface area contributed by atoms with Crippen LogP contribution in [0.1, 0.15) is 11.1 Å². The molecular weight excluding hydrogens is 351 g/mol. The highest BCUT2D eigenvalue weighted by Crippen LogP contribution is 2.35. The molecule has 1 N–H and O–H groups in total. The molecule has 2 aromatic rings. The summed E-state index contributed by atoms with van der Waals surface area (Å²) in [4.78, 5) is 14.8. The second-order valence-corrected chi connectivity index (χ2v) is 6.63. The predicted octanol–water partition coefficient (Wildman–Crippen LogP) is 4.61. The van der Waals surface area contributed by atoms with Gasteiger partial charge in [-0.15, -0.1) is 0 Å². The summed E-state index contributed by atoms with van der Waals surface area (Å²) in [7, 11) is 0. The number of carbonyl (C=O) groups is 1. The smallest absolute Gasteiger partial charge is 0.416 e. The van der Waals surface area contributed by atoms with Crippen molar-refractivity contribution >= 4 is 17.7 Å². The molecular formula is C18H14F3NO2S. The van der Waals surface area contributed by atoms with Crippen molar-refractivity contribution in [1.29, 1.82) is 0 Å². The van der Waals surface area contributed by atoms with Crippen molar-refractivity contribution in [2.24, 2.45) is 0 Å². The molecule has 1 amide bonds. The lowest BCUT2D eigenvalue weighted by Gasteiger charge is -2.17. The van der Waals surface area contributed by atoms with Crippen LogP contribution < -0.4 is 0 Å². The van der Waals surface area contributed by atoms with Crippen molar-refractivity contribution in [2.45, 2.75) is 17.6 Å². The summed E-state index contributed by atoms with van der Waals surface area (Å²) < 4.78 is 38.4. The van der Waals surface area contributed by atoms with Crippen LogP contribution in [0.25, 0.3) is 0 Å². The number of aliphatic hydroxyl groups is 1. The van der Waals surface area contributed by atoms with E-state index in [-0.39, 0.29) is 29.7 Å². The quantitative estimate of drug-likeness (QED) is 0.860. The van der Waals surface area contributed by atoms with Crippen LogP contribution in [-0.2, 0) is 17.5 Å². The van der Waals surface area contributed by atoms with Crippen LogP contribution in [0.4, 0.5) is 13.2 Å². The molecule has 0 bridgehead atoms. The molecule has 1 aliphatic rings. The summed E-state index contributed by atoms with van der Waals surface area (Å²) in [6, 6.07) is 14.0. The van der Waals surface area contributed by atoms with Gasteiger partial charge in [0.25, 0.3) is 5.91 Å². The Labute approximate surface area is 146 Å². The largest absolute Gasteiger partial charge is 0.509 e. The van der Waals surface area contributed by atoms with Gasteiger partial charge in [0.2, 0.25) is 0 Å². The zero-order valence-corrected chi connectivity index (χ0v) is 13.8. The minimum Gasteiger partial charge on any atom is -0.509 e. The molecule has 1 heterocycles. The summed E-state index contributed by atoms with van der Waals surface area (Å²) >= 11 is 1.15. The highest BCUT2D eigenvalue weighted by atomic mass is 32.2. The molecule has 0 spiro atoms. The van der Waals surface area contributed by atoms with Gasteiger partial charge in [-0.3, -0.25) is 4.79 Å². The van der Waals surface area contributed by atoms with Crippen molar-refractivity contribution in [3.63, 3.8) is 0 Å². The molecule has 0 atom stereocenters. The van der Waals surface area contributed by atoms with E-state index in [1.807, 2.05) is 30.3 Å². The van der Waals surface area contributed by atoms with E-state index in [9.17, 15) is 23.1 Å². The fraction of sp³-hybridized carbons (Fsp3) is 0.167. The first-order valence-corrected chi connectivity index (χ1v) is 8.26.